The van der Waals surface area contributed by atoms with Crippen LogP contribution in [0.4, 0.5) is 0 Å². The highest BCUT2D eigenvalue weighted by Gasteiger charge is 2.39. The number of benzene rings is 1. The summed E-state index contributed by atoms with van der Waals surface area (Å²) in [6.07, 6.45) is 2.80. The maximum absolute atomic E-state index is 12.7. The summed E-state index contributed by atoms with van der Waals surface area (Å²) in [4.78, 5) is 11.6. The molecule has 0 aliphatic heterocycles. The molecular formula is C19H29O5P. The Morgan fingerprint density at radius 3 is 1.92 bits per heavy atom. The number of phosphoric acid groups is 1. The van der Waals surface area contributed by atoms with Crippen LogP contribution in [0.1, 0.15) is 75.9 Å². The number of carbonyl (C=O) groups excluding carboxylic acids is 1. The Morgan fingerprint density at radius 1 is 1.00 bits per heavy atom. The second-order valence-electron chi connectivity index (χ2n) is 7.70. The van der Waals surface area contributed by atoms with E-state index in [0.717, 1.165) is 30.3 Å². The molecule has 6 heteroatoms. The number of hydrogen-bond donors (Lipinski definition) is 0. The first-order valence-electron chi connectivity index (χ1n) is 8.81. The van der Waals surface area contributed by atoms with Crippen molar-refractivity contribution in [3.05, 3.63) is 28.8 Å². The number of rotatable bonds is 7. The number of aldehydes is 1. The Morgan fingerprint density at radius 2 is 1.48 bits per heavy atom. The molecule has 0 N–H and O–H groups in total. The van der Waals surface area contributed by atoms with Crippen LogP contribution >= 0.6 is 7.82 Å². The molecule has 140 valence electrons. The molecule has 0 radical (unpaired) electrons. The smallest absolute Gasteiger partial charge is 0.403 e. The lowest BCUT2D eigenvalue weighted by Crippen LogP contribution is -2.34. The summed E-state index contributed by atoms with van der Waals surface area (Å²) in [5.41, 5.74) is 2.55. The highest BCUT2D eigenvalue weighted by Crippen LogP contribution is 2.52. The first-order valence-corrected chi connectivity index (χ1v) is 10.3. The number of carbonyl (C=O) groups is 1. The predicted octanol–water partition coefficient (Wildman–Crippen LogP) is 5.41. The molecular weight excluding hydrogens is 339 g/mol. The van der Waals surface area contributed by atoms with Crippen LogP contribution in [0.15, 0.2) is 12.1 Å². The zero-order valence-corrected chi connectivity index (χ0v) is 16.9. The molecule has 0 atom stereocenters. The number of phosphoric ester groups is 1. The first-order chi connectivity index (χ1) is 11.6. The van der Waals surface area contributed by atoms with E-state index in [0.29, 0.717) is 5.56 Å². The molecule has 0 aromatic heterocycles. The van der Waals surface area contributed by atoms with E-state index >= 15 is 0 Å². The standard InChI is InChI=1S/C19H29O5P/c1-7-22-25(21,23-8-2)24-17-12-16-15(11-14(17)13-20)18(3,4)9-10-19(16,5)6/h11-13H,7-10H2,1-6H3. The van der Waals surface area contributed by atoms with Gasteiger partial charge in [0.25, 0.3) is 0 Å². The van der Waals surface area contributed by atoms with Gasteiger partial charge in [-0.25, -0.2) is 4.57 Å². The van der Waals surface area contributed by atoms with Gasteiger partial charge in [0.05, 0.1) is 18.8 Å². The van der Waals surface area contributed by atoms with Crippen molar-refractivity contribution in [2.45, 2.75) is 65.2 Å². The average Bonchev–Trinajstić information content (AvgIpc) is 2.52. The molecule has 1 aromatic carbocycles. The molecule has 0 saturated carbocycles. The number of fused-ring (bicyclic) bond motifs is 1. The molecule has 1 aliphatic carbocycles. The van der Waals surface area contributed by atoms with Crippen molar-refractivity contribution in [2.24, 2.45) is 0 Å². The van der Waals surface area contributed by atoms with Crippen LogP contribution < -0.4 is 4.52 Å². The van der Waals surface area contributed by atoms with E-state index in [4.69, 9.17) is 13.6 Å². The Kier molecular flexibility index (Phi) is 5.82. The molecule has 1 aliphatic rings. The predicted molar refractivity (Wildman–Crippen MR) is 98.6 cm³/mol. The third-order valence-electron chi connectivity index (χ3n) is 4.89. The third kappa shape index (κ3) is 4.16. The van der Waals surface area contributed by atoms with E-state index in [1.165, 1.54) is 0 Å². The fourth-order valence-corrected chi connectivity index (χ4v) is 4.52. The van der Waals surface area contributed by atoms with E-state index < -0.39 is 7.82 Å². The molecule has 0 heterocycles. The van der Waals surface area contributed by atoms with E-state index in [1.54, 1.807) is 13.8 Å². The van der Waals surface area contributed by atoms with E-state index in [-0.39, 0.29) is 29.8 Å². The summed E-state index contributed by atoms with van der Waals surface area (Å²) in [5.74, 6) is 0.254. The molecule has 1 aromatic rings. The van der Waals surface area contributed by atoms with Crippen LogP contribution in [0, 0.1) is 0 Å². The summed E-state index contributed by atoms with van der Waals surface area (Å²) in [5, 5.41) is 0. The lowest BCUT2D eigenvalue weighted by Gasteiger charge is -2.42. The molecule has 0 spiro atoms. The van der Waals surface area contributed by atoms with Gasteiger partial charge in [-0.05, 0) is 60.8 Å². The monoisotopic (exact) mass is 368 g/mol. The molecule has 5 nitrogen and oxygen atoms in total. The molecule has 0 saturated heterocycles. The van der Waals surface area contributed by atoms with Crippen LogP contribution in [0.3, 0.4) is 0 Å². The van der Waals surface area contributed by atoms with Crippen LogP contribution in [-0.2, 0) is 24.4 Å². The van der Waals surface area contributed by atoms with Gasteiger partial charge in [-0.1, -0.05) is 27.7 Å². The van der Waals surface area contributed by atoms with Gasteiger partial charge in [0.1, 0.15) is 5.75 Å². The summed E-state index contributed by atoms with van der Waals surface area (Å²) < 4.78 is 28.7. The lowest BCUT2D eigenvalue weighted by atomic mass is 9.63. The summed E-state index contributed by atoms with van der Waals surface area (Å²) in [6, 6.07) is 3.70. The minimum atomic E-state index is -3.75. The second kappa shape index (κ2) is 7.22. The zero-order chi connectivity index (χ0) is 18.9. The molecule has 0 fully saturated rings. The second-order valence-corrected chi connectivity index (χ2v) is 9.29. The van der Waals surface area contributed by atoms with Crippen LogP contribution in [-0.4, -0.2) is 19.5 Å². The average molecular weight is 368 g/mol. The minimum absolute atomic E-state index is 0.0231. The highest BCUT2D eigenvalue weighted by atomic mass is 31.2. The molecule has 0 unspecified atom stereocenters. The Labute approximate surface area is 150 Å². The van der Waals surface area contributed by atoms with Gasteiger partial charge in [0, 0.05) is 0 Å². The van der Waals surface area contributed by atoms with Gasteiger partial charge in [0.2, 0.25) is 0 Å². The normalized spacial score (nSPS) is 18.5. The van der Waals surface area contributed by atoms with Gasteiger partial charge in [-0.3, -0.25) is 13.8 Å². The highest BCUT2D eigenvalue weighted by molar-refractivity contribution is 7.48. The summed E-state index contributed by atoms with van der Waals surface area (Å²) in [7, 11) is -3.75. The van der Waals surface area contributed by atoms with Gasteiger partial charge < -0.3 is 4.52 Å². The van der Waals surface area contributed by atoms with Crippen molar-refractivity contribution in [1.82, 2.24) is 0 Å². The van der Waals surface area contributed by atoms with Crippen molar-refractivity contribution in [2.75, 3.05) is 13.2 Å². The quantitative estimate of drug-likeness (QED) is 0.476. The molecule has 2 rings (SSSR count). The van der Waals surface area contributed by atoms with Crippen molar-refractivity contribution >= 4 is 14.1 Å². The van der Waals surface area contributed by atoms with Crippen LogP contribution in [0.2, 0.25) is 0 Å². The Hall–Kier alpha value is -1.16. The fourth-order valence-electron chi connectivity index (χ4n) is 3.31. The number of hydrogen-bond acceptors (Lipinski definition) is 5. The van der Waals surface area contributed by atoms with Gasteiger partial charge in [-0.2, -0.15) is 0 Å². The topological polar surface area (TPSA) is 61.8 Å². The SMILES string of the molecule is CCOP(=O)(OCC)Oc1cc2c(cc1C=O)C(C)(C)CCC2(C)C. The van der Waals surface area contributed by atoms with E-state index in [9.17, 15) is 9.36 Å². The van der Waals surface area contributed by atoms with Crippen LogP contribution in [0.25, 0.3) is 0 Å². The van der Waals surface area contributed by atoms with Crippen molar-refractivity contribution in [1.29, 1.82) is 0 Å². The minimum Gasteiger partial charge on any atom is -0.403 e. The van der Waals surface area contributed by atoms with Crippen molar-refractivity contribution in [3.8, 4) is 5.75 Å². The largest absolute Gasteiger partial charge is 0.530 e. The molecule has 0 bridgehead atoms. The zero-order valence-electron chi connectivity index (χ0n) is 16.0. The van der Waals surface area contributed by atoms with Crippen molar-refractivity contribution < 1.29 is 22.9 Å². The van der Waals surface area contributed by atoms with Gasteiger partial charge in [-0.15, -0.1) is 0 Å². The maximum Gasteiger partial charge on any atom is 0.530 e. The summed E-state index contributed by atoms with van der Waals surface area (Å²) >= 11 is 0. The van der Waals surface area contributed by atoms with Gasteiger partial charge in [0.15, 0.2) is 6.29 Å². The fraction of sp³-hybridized carbons (Fsp3) is 0.632. The van der Waals surface area contributed by atoms with Crippen LogP contribution in [0.5, 0.6) is 5.75 Å². The van der Waals surface area contributed by atoms with E-state index in [2.05, 4.69) is 27.7 Å². The van der Waals surface area contributed by atoms with Gasteiger partial charge >= 0.3 is 7.82 Å². The Bertz CT molecular complexity index is 683. The van der Waals surface area contributed by atoms with E-state index in [1.807, 2.05) is 12.1 Å². The molecule has 25 heavy (non-hydrogen) atoms. The van der Waals surface area contributed by atoms with Crippen molar-refractivity contribution in [3.63, 3.8) is 0 Å². The first kappa shape index (κ1) is 20.2. The third-order valence-corrected chi connectivity index (χ3v) is 6.46. The summed E-state index contributed by atoms with van der Waals surface area (Å²) in [6.45, 7) is 12.5. The lowest BCUT2D eigenvalue weighted by molar-refractivity contribution is 0.112. The molecule has 0 amide bonds. The Balaban J connectivity index is 2.57. The maximum atomic E-state index is 12.7.